The van der Waals surface area contributed by atoms with Crippen molar-refractivity contribution in [2.24, 2.45) is 0 Å². The smallest absolute Gasteiger partial charge is 0.302 e. The normalized spacial score (nSPS) is 13.9. The van der Waals surface area contributed by atoms with Crippen LogP contribution in [0.3, 0.4) is 0 Å². The summed E-state index contributed by atoms with van der Waals surface area (Å²) < 4.78 is 10.8. The van der Waals surface area contributed by atoms with E-state index in [4.69, 9.17) is 9.47 Å². The summed E-state index contributed by atoms with van der Waals surface area (Å²) in [5.41, 5.74) is 0. The quantitative estimate of drug-likeness (QED) is 0.393. The summed E-state index contributed by atoms with van der Waals surface area (Å²) in [7, 11) is 0.385. The lowest BCUT2D eigenvalue weighted by Gasteiger charge is -2.21. The second kappa shape index (κ2) is 7.17. The minimum absolute atomic E-state index is 0.151. The van der Waals surface area contributed by atoms with Crippen molar-refractivity contribution in [2.75, 3.05) is 25.7 Å². The Kier molecular flexibility index (Phi) is 7.07. The molecule has 0 aliphatic heterocycles. The van der Waals surface area contributed by atoms with Gasteiger partial charge in [-0.3, -0.25) is 4.79 Å². The highest BCUT2D eigenvalue weighted by atomic mass is 32.2. The summed E-state index contributed by atoms with van der Waals surface area (Å²) in [5.74, 6) is -0.250. The first-order chi connectivity index (χ1) is 7.25. The summed E-state index contributed by atoms with van der Waals surface area (Å²) >= 11 is 0. The highest BCUT2D eigenvalue weighted by molar-refractivity contribution is 7.96. The third-order valence-electron chi connectivity index (χ3n) is 2.67. The van der Waals surface area contributed by atoms with Crippen LogP contribution in [-0.2, 0) is 25.2 Å². The molecule has 0 aromatic carbocycles. The number of carbonyl (C=O) groups is 1. The number of hydrogen-bond donors (Lipinski definition) is 0. The van der Waals surface area contributed by atoms with Gasteiger partial charge in [0.2, 0.25) is 0 Å². The SMILES string of the molecule is CC(=O)OC(C)COCCC(C)(C)[S+](C)C. The van der Waals surface area contributed by atoms with E-state index in [1.807, 2.05) is 6.92 Å². The molecule has 0 bridgehead atoms. The van der Waals surface area contributed by atoms with Gasteiger partial charge in [-0.25, -0.2) is 0 Å². The maximum atomic E-state index is 10.7. The fourth-order valence-corrected chi connectivity index (χ4v) is 1.58. The molecular formula is C12H25O3S+. The molecule has 0 fully saturated rings. The zero-order chi connectivity index (χ0) is 12.8. The van der Waals surface area contributed by atoms with Gasteiger partial charge in [0, 0.05) is 13.3 Å². The van der Waals surface area contributed by atoms with Gasteiger partial charge in [-0.1, -0.05) is 0 Å². The van der Waals surface area contributed by atoms with Crippen molar-refractivity contribution in [2.45, 2.75) is 45.0 Å². The zero-order valence-corrected chi connectivity index (χ0v) is 12.1. The number of esters is 1. The van der Waals surface area contributed by atoms with Gasteiger partial charge >= 0.3 is 5.97 Å². The monoisotopic (exact) mass is 249 g/mol. The van der Waals surface area contributed by atoms with Crippen LogP contribution in [0.1, 0.15) is 34.1 Å². The largest absolute Gasteiger partial charge is 0.460 e. The van der Waals surface area contributed by atoms with E-state index in [0.29, 0.717) is 22.2 Å². The van der Waals surface area contributed by atoms with E-state index in [1.165, 1.54) is 6.92 Å². The molecule has 0 aliphatic rings. The zero-order valence-electron chi connectivity index (χ0n) is 11.3. The van der Waals surface area contributed by atoms with E-state index >= 15 is 0 Å². The Bertz CT molecular complexity index is 214. The van der Waals surface area contributed by atoms with Crippen LogP contribution in [0.4, 0.5) is 0 Å². The molecule has 0 amide bonds. The molecule has 0 spiro atoms. The predicted molar refractivity (Wildman–Crippen MR) is 70.0 cm³/mol. The Hall–Kier alpha value is -0.220. The molecule has 96 valence electrons. The van der Waals surface area contributed by atoms with Crippen LogP contribution < -0.4 is 0 Å². The van der Waals surface area contributed by atoms with Crippen molar-refractivity contribution in [3.05, 3.63) is 0 Å². The van der Waals surface area contributed by atoms with E-state index in [2.05, 4.69) is 26.4 Å². The van der Waals surface area contributed by atoms with Gasteiger partial charge < -0.3 is 9.47 Å². The lowest BCUT2D eigenvalue weighted by Crippen LogP contribution is -2.32. The van der Waals surface area contributed by atoms with Gasteiger partial charge in [0.05, 0.1) is 25.7 Å². The third kappa shape index (κ3) is 7.12. The first kappa shape index (κ1) is 15.8. The molecule has 0 N–H and O–H groups in total. The first-order valence-electron chi connectivity index (χ1n) is 5.58. The fourth-order valence-electron chi connectivity index (χ4n) is 1.09. The van der Waals surface area contributed by atoms with E-state index in [-0.39, 0.29) is 12.1 Å². The Morgan fingerprint density at radius 2 is 1.94 bits per heavy atom. The van der Waals surface area contributed by atoms with Crippen LogP contribution in [0.2, 0.25) is 0 Å². The molecule has 0 radical (unpaired) electrons. The number of hydrogen-bond acceptors (Lipinski definition) is 3. The molecule has 3 nitrogen and oxygen atoms in total. The second-order valence-corrected chi connectivity index (χ2v) is 7.56. The van der Waals surface area contributed by atoms with E-state index in [1.54, 1.807) is 0 Å². The standard InChI is InChI=1S/C12H25O3S/c1-10(15-11(2)13)9-14-8-7-12(3,4)16(5)6/h10H,7-9H2,1-6H3/q+1. The van der Waals surface area contributed by atoms with Crippen molar-refractivity contribution in [3.63, 3.8) is 0 Å². The molecule has 16 heavy (non-hydrogen) atoms. The Balaban J connectivity index is 3.64. The van der Waals surface area contributed by atoms with Crippen LogP contribution >= 0.6 is 0 Å². The first-order valence-corrected chi connectivity index (χ1v) is 7.62. The lowest BCUT2D eigenvalue weighted by atomic mass is 10.1. The summed E-state index contributed by atoms with van der Waals surface area (Å²) in [6.45, 7) is 8.99. The highest BCUT2D eigenvalue weighted by Gasteiger charge is 2.30. The number of rotatable bonds is 7. The third-order valence-corrected chi connectivity index (χ3v) is 5.09. The van der Waals surface area contributed by atoms with E-state index < -0.39 is 0 Å². The summed E-state index contributed by atoms with van der Waals surface area (Å²) in [6, 6.07) is 0. The molecular weight excluding hydrogens is 224 g/mol. The molecule has 0 heterocycles. The van der Waals surface area contributed by atoms with Gasteiger partial charge in [0.15, 0.2) is 0 Å². The van der Waals surface area contributed by atoms with E-state index in [9.17, 15) is 4.79 Å². The molecule has 1 atom stereocenters. The maximum Gasteiger partial charge on any atom is 0.302 e. The van der Waals surface area contributed by atoms with Crippen molar-refractivity contribution in [1.29, 1.82) is 0 Å². The van der Waals surface area contributed by atoms with Gasteiger partial charge in [-0.05, 0) is 31.7 Å². The molecule has 4 heteroatoms. The summed E-state index contributed by atoms with van der Waals surface area (Å²) in [6.07, 6.45) is 5.39. The Morgan fingerprint density at radius 3 is 2.38 bits per heavy atom. The van der Waals surface area contributed by atoms with Gasteiger partial charge in [0.25, 0.3) is 0 Å². The minimum Gasteiger partial charge on any atom is -0.460 e. The van der Waals surface area contributed by atoms with Gasteiger partial charge in [-0.2, -0.15) is 0 Å². The van der Waals surface area contributed by atoms with Crippen LogP contribution in [-0.4, -0.2) is 42.5 Å². The molecule has 0 rings (SSSR count). The molecule has 0 aliphatic carbocycles. The second-order valence-electron chi connectivity index (χ2n) is 4.82. The summed E-state index contributed by atoms with van der Waals surface area (Å²) in [4.78, 5) is 10.7. The minimum atomic E-state index is -0.250. The van der Waals surface area contributed by atoms with Crippen LogP contribution in [0, 0.1) is 0 Å². The maximum absolute atomic E-state index is 10.7. The molecule has 1 unspecified atom stereocenters. The van der Waals surface area contributed by atoms with Crippen molar-refractivity contribution >= 4 is 16.9 Å². The van der Waals surface area contributed by atoms with Gasteiger partial charge in [0.1, 0.15) is 10.9 Å². The van der Waals surface area contributed by atoms with Crippen LogP contribution in [0.25, 0.3) is 0 Å². The molecule has 0 aromatic heterocycles. The lowest BCUT2D eigenvalue weighted by molar-refractivity contribution is -0.148. The average molecular weight is 249 g/mol. The highest BCUT2D eigenvalue weighted by Crippen LogP contribution is 2.19. The summed E-state index contributed by atoms with van der Waals surface area (Å²) in [5, 5.41) is 0. The Morgan fingerprint density at radius 1 is 1.38 bits per heavy atom. The molecule has 0 aromatic rings. The molecule has 0 saturated carbocycles. The van der Waals surface area contributed by atoms with Crippen molar-refractivity contribution in [3.8, 4) is 0 Å². The topological polar surface area (TPSA) is 35.5 Å². The van der Waals surface area contributed by atoms with Crippen molar-refractivity contribution in [1.82, 2.24) is 0 Å². The fraction of sp³-hybridized carbons (Fsp3) is 0.917. The van der Waals surface area contributed by atoms with Crippen LogP contribution in [0.5, 0.6) is 0 Å². The number of carbonyl (C=O) groups excluding carboxylic acids is 1. The predicted octanol–water partition coefficient (Wildman–Crippen LogP) is 2.00. The molecule has 0 saturated heterocycles. The van der Waals surface area contributed by atoms with E-state index in [0.717, 1.165) is 13.0 Å². The Labute approximate surface area is 102 Å². The number of ether oxygens (including phenoxy) is 2. The van der Waals surface area contributed by atoms with Gasteiger partial charge in [-0.15, -0.1) is 0 Å². The van der Waals surface area contributed by atoms with Crippen LogP contribution in [0.15, 0.2) is 0 Å². The average Bonchev–Trinajstić information content (AvgIpc) is 2.11. The van der Waals surface area contributed by atoms with Crippen molar-refractivity contribution < 1.29 is 14.3 Å².